The van der Waals surface area contributed by atoms with Crippen LogP contribution < -0.4 is 16.7 Å². The fourth-order valence-electron chi connectivity index (χ4n) is 2.31. The monoisotopic (exact) mass is 390 g/mol. The molecule has 8 nitrogen and oxygen atoms in total. The smallest absolute Gasteiger partial charge is 0.307 e. The Hall–Kier alpha value is -2.68. The van der Waals surface area contributed by atoms with Crippen molar-refractivity contribution in [1.29, 1.82) is 0 Å². The van der Waals surface area contributed by atoms with E-state index in [1.165, 1.54) is 4.57 Å². The summed E-state index contributed by atoms with van der Waals surface area (Å²) in [6.07, 6.45) is 1.63. The fourth-order valence-corrected chi connectivity index (χ4v) is 2.80. The van der Waals surface area contributed by atoms with E-state index in [9.17, 15) is 9.59 Å². The van der Waals surface area contributed by atoms with Gasteiger partial charge in [0.15, 0.2) is 15.9 Å². The van der Waals surface area contributed by atoms with Gasteiger partial charge in [0.2, 0.25) is 0 Å². The van der Waals surface area contributed by atoms with Crippen molar-refractivity contribution in [2.45, 2.75) is 13.5 Å². The summed E-state index contributed by atoms with van der Waals surface area (Å²) in [5.41, 5.74) is 4.59. The van der Waals surface area contributed by atoms with Gasteiger partial charge in [-0.15, -0.1) is 0 Å². The van der Waals surface area contributed by atoms with Crippen molar-refractivity contribution in [2.75, 3.05) is 5.43 Å². The van der Waals surface area contributed by atoms with Crippen molar-refractivity contribution in [1.82, 2.24) is 19.1 Å². The number of H-pyrrole nitrogens is 1. The lowest BCUT2D eigenvalue weighted by molar-refractivity contribution is 0.824. The maximum Gasteiger partial charge on any atom is 0.329 e. The molecule has 0 aliphatic rings. The lowest BCUT2D eigenvalue weighted by atomic mass is 10.2. The Morgan fingerprint density at radius 1 is 1.38 bits per heavy atom. The molecule has 0 unspecified atom stereocenters. The van der Waals surface area contributed by atoms with Gasteiger partial charge in [-0.25, -0.2) is 9.78 Å². The van der Waals surface area contributed by atoms with Crippen LogP contribution in [0.25, 0.3) is 11.2 Å². The van der Waals surface area contributed by atoms with Crippen molar-refractivity contribution in [3.63, 3.8) is 0 Å². The van der Waals surface area contributed by atoms with Crippen LogP contribution in [0.3, 0.4) is 0 Å². The molecule has 124 valence electrons. The fraction of sp³-hybridized carbons (Fsp3) is 0.200. The van der Waals surface area contributed by atoms with Gasteiger partial charge in [0.05, 0.1) is 12.2 Å². The van der Waals surface area contributed by atoms with Crippen LogP contribution in [-0.2, 0) is 13.6 Å². The highest BCUT2D eigenvalue weighted by Gasteiger charge is 2.14. The molecule has 3 rings (SSSR count). The Bertz CT molecular complexity index is 1050. The number of hydrogen-bond acceptors (Lipinski definition) is 5. The molecule has 0 fully saturated rings. The van der Waals surface area contributed by atoms with Crippen LogP contribution in [0.4, 0.5) is 5.69 Å². The summed E-state index contributed by atoms with van der Waals surface area (Å²) in [6, 6.07) is 7.79. The molecule has 0 amide bonds. The average Bonchev–Trinajstić information content (AvgIpc) is 2.88. The number of anilines is 1. The highest BCUT2D eigenvalue weighted by atomic mass is 79.9. The average molecular weight is 391 g/mol. The number of aromatic nitrogens is 4. The number of aryl methyl sites for hydroxylation is 2. The van der Waals surface area contributed by atoms with Crippen LogP contribution >= 0.6 is 15.9 Å². The lowest BCUT2D eigenvalue weighted by Crippen LogP contribution is -2.29. The van der Waals surface area contributed by atoms with E-state index >= 15 is 0 Å². The second-order valence-electron chi connectivity index (χ2n) is 5.22. The van der Waals surface area contributed by atoms with E-state index in [-0.39, 0.29) is 0 Å². The Kier molecular flexibility index (Phi) is 4.34. The first-order valence-corrected chi connectivity index (χ1v) is 7.96. The zero-order chi connectivity index (χ0) is 17.3. The maximum absolute atomic E-state index is 12.1. The predicted molar refractivity (Wildman–Crippen MR) is 96.6 cm³/mol. The quantitative estimate of drug-likeness (QED) is 0.401. The van der Waals surface area contributed by atoms with Gasteiger partial charge < -0.3 is 4.57 Å². The van der Waals surface area contributed by atoms with Crippen LogP contribution in [0.15, 0.2) is 43.7 Å². The summed E-state index contributed by atoms with van der Waals surface area (Å²) in [7, 11) is 1.55. The molecule has 0 spiro atoms. The molecule has 3 aromatic rings. The zero-order valence-corrected chi connectivity index (χ0v) is 14.7. The van der Waals surface area contributed by atoms with Crippen LogP contribution in [0.2, 0.25) is 0 Å². The van der Waals surface area contributed by atoms with E-state index in [0.717, 1.165) is 11.3 Å². The molecule has 24 heavy (non-hydrogen) atoms. The molecule has 0 saturated carbocycles. The van der Waals surface area contributed by atoms with Gasteiger partial charge in [-0.3, -0.25) is 19.8 Å². The molecule has 2 heterocycles. The molecule has 1 aromatic carbocycles. The van der Waals surface area contributed by atoms with E-state index in [1.807, 2.05) is 31.2 Å². The minimum atomic E-state index is -0.500. The number of halogens is 1. The molecule has 0 bridgehead atoms. The Morgan fingerprint density at radius 2 is 2.12 bits per heavy atom. The standard InChI is InChI=1S/C15H15BrN6O2/c1-9-5-3-4-6-10(9)20-17-7-8-22-11-12(18-14(22)16)21(2)15(24)19-13(11)23/h3-7,20H,8H2,1-2H3,(H,19,23,24). The number of hydrazone groups is 1. The highest BCUT2D eigenvalue weighted by Crippen LogP contribution is 2.15. The Labute approximate surface area is 145 Å². The highest BCUT2D eigenvalue weighted by molar-refractivity contribution is 9.10. The number of hydrogen-bond donors (Lipinski definition) is 2. The van der Waals surface area contributed by atoms with E-state index in [4.69, 9.17) is 0 Å². The third kappa shape index (κ3) is 2.90. The van der Waals surface area contributed by atoms with E-state index in [0.29, 0.717) is 22.4 Å². The van der Waals surface area contributed by atoms with Crippen molar-refractivity contribution in [3.05, 3.63) is 55.4 Å². The van der Waals surface area contributed by atoms with Crippen molar-refractivity contribution in [2.24, 2.45) is 12.1 Å². The molecule has 0 atom stereocenters. The molecular weight excluding hydrogens is 376 g/mol. The van der Waals surface area contributed by atoms with Gasteiger partial charge in [-0.2, -0.15) is 5.10 Å². The SMILES string of the molecule is Cc1ccccc1NN=CCn1c(Br)nc2c1c(=O)[nH]c(=O)n2C. The Balaban J connectivity index is 1.88. The third-order valence-electron chi connectivity index (χ3n) is 3.65. The normalized spacial score (nSPS) is 11.5. The number of rotatable bonds is 4. The number of para-hydroxylation sites is 1. The van der Waals surface area contributed by atoms with Crippen molar-refractivity contribution < 1.29 is 0 Å². The topological polar surface area (TPSA) is 97.1 Å². The molecule has 9 heteroatoms. The first-order chi connectivity index (χ1) is 11.5. The molecule has 0 aliphatic heterocycles. The minimum Gasteiger partial charge on any atom is -0.307 e. The Morgan fingerprint density at radius 3 is 2.88 bits per heavy atom. The van der Waals surface area contributed by atoms with Gasteiger partial charge in [0.1, 0.15) is 0 Å². The third-order valence-corrected chi connectivity index (χ3v) is 4.25. The second-order valence-corrected chi connectivity index (χ2v) is 5.93. The largest absolute Gasteiger partial charge is 0.329 e. The number of imidazole rings is 1. The number of aromatic amines is 1. The molecule has 0 aliphatic carbocycles. The summed E-state index contributed by atoms with van der Waals surface area (Å²) in [4.78, 5) is 30.2. The molecular formula is C15H15BrN6O2. The number of benzene rings is 1. The van der Waals surface area contributed by atoms with E-state index in [1.54, 1.807) is 17.8 Å². The number of fused-ring (bicyclic) bond motifs is 1. The van der Waals surface area contributed by atoms with Crippen LogP contribution in [0.1, 0.15) is 5.56 Å². The first-order valence-electron chi connectivity index (χ1n) is 7.17. The van der Waals surface area contributed by atoms with Crippen molar-refractivity contribution in [3.8, 4) is 0 Å². The number of nitrogens with zero attached hydrogens (tertiary/aromatic N) is 4. The van der Waals surface area contributed by atoms with Crippen LogP contribution in [0.5, 0.6) is 0 Å². The van der Waals surface area contributed by atoms with Gasteiger partial charge in [-0.05, 0) is 34.5 Å². The maximum atomic E-state index is 12.1. The first kappa shape index (κ1) is 16.2. The summed E-state index contributed by atoms with van der Waals surface area (Å²) >= 11 is 3.31. The van der Waals surface area contributed by atoms with E-state index in [2.05, 4.69) is 36.4 Å². The molecule has 2 aromatic heterocycles. The van der Waals surface area contributed by atoms with Gasteiger partial charge >= 0.3 is 5.69 Å². The van der Waals surface area contributed by atoms with Crippen molar-refractivity contribution >= 4 is 39.0 Å². The zero-order valence-electron chi connectivity index (χ0n) is 13.1. The summed E-state index contributed by atoms with van der Waals surface area (Å²) in [5.74, 6) is 0. The van der Waals surface area contributed by atoms with Crippen LogP contribution in [0, 0.1) is 6.92 Å². The van der Waals surface area contributed by atoms with Gasteiger partial charge in [0.25, 0.3) is 5.56 Å². The molecule has 2 N–H and O–H groups in total. The minimum absolute atomic E-state index is 0.311. The number of nitrogens with one attached hydrogen (secondary N) is 2. The summed E-state index contributed by atoms with van der Waals surface area (Å²) in [5, 5.41) is 4.17. The predicted octanol–water partition coefficient (Wildman–Crippen LogP) is 1.59. The summed E-state index contributed by atoms with van der Waals surface area (Å²) in [6.45, 7) is 2.30. The van der Waals surface area contributed by atoms with Crippen LogP contribution in [-0.4, -0.2) is 25.3 Å². The summed E-state index contributed by atoms with van der Waals surface area (Å²) < 4.78 is 3.38. The molecule has 0 radical (unpaired) electrons. The molecule has 0 saturated heterocycles. The lowest BCUT2D eigenvalue weighted by Gasteiger charge is -2.04. The van der Waals surface area contributed by atoms with Gasteiger partial charge in [-0.1, -0.05) is 18.2 Å². The van der Waals surface area contributed by atoms with E-state index < -0.39 is 11.2 Å². The van der Waals surface area contributed by atoms with Gasteiger partial charge in [0, 0.05) is 13.3 Å². The second kappa shape index (κ2) is 6.44.